The number of ether oxygens (including phenoxy) is 1. The maximum atomic E-state index is 11.8. The second-order valence-corrected chi connectivity index (χ2v) is 3.77. The van der Waals surface area contributed by atoms with Crippen molar-refractivity contribution in [3.05, 3.63) is 12.7 Å². The number of carbonyl (C=O) groups is 2. The number of nitrogens with one attached hydrogen (secondary N) is 1. The van der Waals surface area contributed by atoms with Crippen molar-refractivity contribution in [1.82, 2.24) is 5.32 Å². The zero-order chi connectivity index (χ0) is 12.2. The maximum absolute atomic E-state index is 11.8. The van der Waals surface area contributed by atoms with Gasteiger partial charge in [0, 0.05) is 19.1 Å². The average Bonchev–Trinajstić information content (AvgIpc) is 3.02. The summed E-state index contributed by atoms with van der Waals surface area (Å²) in [4.78, 5) is 23.5. The lowest BCUT2D eigenvalue weighted by atomic mass is 10.0. The summed E-state index contributed by atoms with van der Waals surface area (Å²) in [5.41, 5.74) is -1.17. The molecule has 0 aromatic carbocycles. The fourth-order valence-corrected chi connectivity index (χ4v) is 1.75. The Morgan fingerprint density at radius 3 is 2.81 bits per heavy atom. The van der Waals surface area contributed by atoms with Crippen molar-refractivity contribution in [2.75, 3.05) is 19.8 Å². The molecule has 0 unspecified atom stereocenters. The monoisotopic (exact) mass is 227 g/mol. The largest absolute Gasteiger partial charge is 0.465 e. The summed E-state index contributed by atoms with van der Waals surface area (Å²) in [6.07, 6.45) is 1.89. The molecule has 0 bridgehead atoms. The van der Waals surface area contributed by atoms with E-state index in [1.165, 1.54) is 6.08 Å². The molecule has 1 fully saturated rings. The van der Waals surface area contributed by atoms with Crippen LogP contribution in [0.15, 0.2) is 12.7 Å². The molecule has 0 aliphatic heterocycles. The number of rotatable bonds is 6. The van der Waals surface area contributed by atoms with Gasteiger partial charge in [-0.15, -0.1) is 6.58 Å². The molecular weight excluding hydrogens is 210 g/mol. The Hall–Kier alpha value is -1.36. The van der Waals surface area contributed by atoms with Crippen molar-refractivity contribution in [3.8, 4) is 0 Å². The second-order valence-electron chi connectivity index (χ2n) is 3.77. The highest BCUT2D eigenvalue weighted by Crippen LogP contribution is 2.53. The molecule has 0 aromatic rings. The van der Waals surface area contributed by atoms with E-state index in [0.29, 0.717) is 13.0 Å². The number of hydrogen-bond donors (Lipinski definition) is 2. The maximum Gasteiger partial charge on any atom is 0.322 e. The summed E-state index contributed by atoms with van der Waals surface area (Å²) >= 11 is 0. The van der Waals surface area contributed by atoms with E-state index >= 15 is 0 Å². The van der Waals surface area contributed by atoms with Crippen LogP contribution < -0.4 is 5.32 Å². The van der Waals surface area contributed by atoms with Crippen LogP contribution in [0, 0.1) is 11.3 Å². The molecule has 2 N–H and O–H groups in total. The highest BCUT2D eigenvalue weighted by Gasteiger charge is 2.66. The molecule has 5 heteroatoms. The lowest BCUT2D eigenvalue weighted by molar-refractivity contribution is -0.155. The minimum absolute atomic E-state index is 0.180. The van der Waals surface area contributed by atoms with Gasteiger partial charge in [-0.3, -0.25) is 9.59 Å². The molecule has 1 rings (SSSR count). The molecule has 2 atom stereocenters. The van der Waals surface area contributed by atoms with Gasteiger partial charge < -0.3 is 15.2 Å². The van der Waals surface area contributed by atoms with Crippen molar-refractivity contribution in [1.29, 1.82) is 0 Å². The van der Waals surface area contributed by atoms with Crippen LogP contribution in [-0.2, 0) is 14.3 Å². The highest BCUT2D eigenvalue weighted by atomic mass is 16.5. The van der Waals surface area contributed by atoms with Crippen LogP contribution in [0.25, 0.3) is 0 Å². The molecule has 5 nitrogen and oxygen atoms in total. The fraction of sp³-hybridized carbons (Fsp3) is 0.636. The Kier molecular flexibility index (Phi) is 4.06. The third-order valence-corrected chi connectivity index (χ3v) is 2.78. The molecule has 0 spiro atoms. The molecule has 1 saturated carbocycles. The van der Waals surface area contributed by atoms with Gasteiger partial charge in [-0.2, -0.15) is 0 Å². The SMILES string of the molecule is C=CCNC(=O)[C@@]1(C(=O)OCC)C[C@H]1CO. The van der Waals surface area contributed by atoms with Crippen LogP contribution in [0.2, 0.25) is 0 Å². The van der Waals surface area contributed by atoms with Crippen LogP contribution in [-0.4, -0.2) is 36.7 Å². The van der Waals surface area contributed by atoms with E-state index in [-0.39, 0.29) is 25.0 Å². The molecule has 16 heavy (non-hydrogen) atoms. The number of amides is 1. The van der Waals surface area contributed by atoms with Crippen LogP contribution >= 0.6 is 0 Å². The van der Waals surface area contributed by atoms with E-state index in [2.05, 4.69) is 11.9 Å². The van der Waals surface area contributed by atoms with Gasteiger partial charge in [-0.05, 0) is 13.3 Å². The van der Waals surface area contributed by atoms with Gasteiger partial charge in [0.2, 0.25) is 5.91 Å². The van der Waals surface area contributed by atoms with Crippen LogP contribution in [0.5, 0.6) is 0 Å². The molecule has 90 valence electrons. The first kappa shape index (κ1) is 12.7. The Bertz CT molecular complexity index is 302. The number of esters is 1. The van der Waals surface area contributed by atoms with Gasteiger partial charge >= 0.3 is 5.97 Å². The molecule has 1 aliphatic rings. The summed E-state index contributed by atoms with van der Waals surface area (Å²) in [6, 6.07) is 0. The van der Waals surface area contributed by atoms with Gasteiger partial charge in [0.15, 0.2) is 5.41 Å². The van der Waals surface area contributed by atoms with E-state index < -0.39 is 11.4 Å². The van der Waals surface area contributed by atoms with Crippen LogP contribution in [0.3, 0.4) is 0 Å². The van der Waals surface area contributed by atoms with E-state index in [4.69, 9.17) is 9.84 Å². The molecule has 1 aliphatic carbocycles. The predicted molar refractivity (Wildman–Crippen MR) is 57.5 cm³/mol. The van der Waals surface area contributed by atoms with Crippen LogP contribution in [0.1, 0.15) is 13.3 Å². The topological polar surface area (TPSA) is 75.6 Å². The van der Waals surface area contributed by atoms with Gasteiger partial charge in [0.25, 0.3) is 0 Å². The fourth-order valence-electron chi connectivity index (χ4n) is 1.75. The molecule has 1 amide bonds. The number of aliphatic hydroxyl groups is 1. The molecule has 0 heterocycles. The Morgan fingerprint density at radius 2 is 2.38 bits per heavy atom. The van der Waals surface area contributed by atoms with Gasteiger partial charge in [0.05, 0.1) is 6.61 Å². The predicted octanol–water partition coefficient (Wildman–Crippen LogP) is -0.150. The van der Waals surface area contributed by atoms with Crippen molar-refractivity contribution in [3.63, 3.8) is 0 Å². The van der Waals surface area contributed by atoms with Gasteiger partial charge in [0.1, 0.15) is 0 Å². The smallest absolute Gasteiger partial charge is 0.322 e. The number of hydrogen-bond acceptors (Lipinski definition) is 4. The Morgan fingerprint density at radius 1 is 1.69 bits per heavy atom. The second kappa shape index (κ2) is 5.12. The quantitative estimate of drug-likeness (QED) is 0.376. The zero-order valence-corrected chi connectivity index (χ0v) is 9.36. The summed E-state index contributed by atoms with van der Waals surface area (Å²) in [5, 5.41) is 11.6. The first-order valence-electron chi connectivity index (χ1n) is 5.30. The minimum Gasteiger partial charge on any atom is -0.465 e. The van der Waals surface area contributed by atoms with Gasteiger partial charge in [-0.1, -0.05) is 6.08 Å². The van der Waals surface area contributed by atoms with Crippen molar-refractivity contribution >= 4 is 11.9 Å². The lowest BCUT2D eigenvalue weighted by Crippen LogP contribution is -2.40. The van der Waals surface area contributed by atoms with E-state index in [0.717, 1.165) is 0 Å². The third-order valence-electron chi connectivity index (χ3n) is 2.78. The van der Waals surface area contributed by atoms with E-state index in [9.17, 15) is 9.59 Å². The minimum atomic E-state index is -1.17. The third kappa shape index (κ3) is 2.09. The summed E-state index contributed by atoms with van der Waals surface area (Å²) in [5.74, 6) is -1.25. The highest BCUT2D eigenvalue weighted by molar-refractivity contribution is 6.06. The average molecular weight is 227 g/mol. The zero-order valence-electron chi connectivity index (χ0n) is 9.36. The van der Waals surface area contributed by atoms with Gasteiger partial charge in [-0.25, -0.2) is 0 Å². The van der Waals surface area contributed by atoms with Crippen LogP contribution in [0.4, 0.5) is 0 Å². The first-order valence-corrected chi connectivity index (χ1v) is 5.30. The first-order chi connectivity index (χ1) is 7.63. The number of aliphatic hydroxyl groups excluding tert-OH is 1. The summed E-state index contributed by atoms with van der Waals surface area (Å²) < 4.78 is 4.87. The molecule has 0 saturated heterocycles. The standard InChI is InChI=1S/C11H17NO4/c1-3-5-12-9(14)11(6-8(11)7-13)10(15)16-4-2/h3,8,13H,1,4-7H2,2H3,(H,12,14)/t8-,11+/m0/s1. The Balaban J connectivity index is 2.71. The van der Waals surface area contributed by atoms with E-state index in [1.54, 1.807) is 6.92 Å². The molecule has 0 aromatic heterocycles. The normalized spacial score (nSPS) is 27.0. The van der Waals surface area contributed by atoms with E-state index in [1.807, 2.05) is 0 Å². The van der Waals surface area contributed by atoms with Crippen molar-refractivity contribution in [2.45, 2.75) is 13.3 Å². The molecular formula is C11H17NO4. The molecule has 0 radical (unpaired) electrons. The summed E-state index contributed by atoms with van der Waals surface area (Å²) in [7, 11) is 0. The summed E-state index contributed by atoms with van der Waals surface area (Å²) in [6.45, 7) is 5.51. The van der Waals surface area contributed by atoms with Crippen molar-refractivity contribution in [2.24, 2.45) is 11.3 Å². The number of carbonyl (C=O) groups excluding carboxylic acids is 2. The Labute approximate surface area is 94.5 Å². The lowest BCUT2D eigenvalue weighted by Gasteiger charge is -2.14. The van der Waals surface area contributed by atoms with Crippen molar-refractivity contribution < 1.29 is 19.4 Å².